The second-order valence-electron chi connectivity index (χ2n) is 13.0. The molecule has 0 radical (unpaired) electrons. The lowest BCUT2D eigenvalue weighted by molar-refractivity contribution is 0.112. The van der Waals surface area contributed by atoms with Gasteiger partial charge in [0, 0.05) is 46.7 Å². The number of carbonyl (C=O) groups is 1. The van der Waals surface area contributed by atoms with Gasteiger partial charge in [0.15, 0.2) is 6.29 Å². The first-order valence-electron chi connectivity index (χ1n) is 18.6. The van der Waals surface area contributed by atoms with E-state index in [9.17, 15) is 15.0 Å². The second-order valence-corrected chi connectivity index (χ2v) is 15.4. The number of anilines is 2. The highest BCUT2D eigenvalue weighted by Crippen LogP contribution is 2.41. The fourth-order valence-corrected chi connectivity index (χ4v) is 7.07. The number of nitrogens with zero attached hydrogens (tertiary/aromatic N) is 4. The molecule has 0 amide bonds. The van der Waals surface area contributed by atoms with Crippen molar-refractivity contribution in [2.75, 3.05) is 11.1 Å². The van der Waals surface area contributed by atoms with Crippen molar-refractivity contribution < 1.29 is 15.0 Å². The summed E-state index contributed by atoms with van der Waals surface area (Å²) in [5.41, 5.74) is 10.4. The molecule has 0 aliphatic rings. The molecule has 9 nitrogen and oxygen atoms in total. The fourth-order valence-electron chi connectivity index (χ4n) is 5.94. The molecule has 8 aromatic rings. The number of halogens is 6. The third kappa shape index (κ3) is 12.1. The Morgan fingerprint density at radius 3 is 1.84 bits per heavy atom. The molecule has 1 unspecified atom stereocenters. The van der Waals surface area contributed by atoms with E-state index in [1.807, 2.05) is 80.6 Å². The Morgan fingerprint density at radius 2 is 1.21 bits per heavy atom. The third-order valence-corrected chi connectivity index (χ3v) is 11.1. The summed E-state index contributed by atoms with van der Waals surface area (Å²) in [4.78, 5) is 27.0. The molecule has 5 N–H and O–H groups in total. The normalized spacial score (nSPS) is 11.0. The average Bonchev–Trinajstić information content (AvgIpc) is 3.27. The van der Waals surface area contributed by atoms with Crippen molar-refractivity contribution in [3.05, 3.63) is 186 Å². The van der Waals surface area contributed by atoms with E-state index in [2.05, 4.69) is 25.3 Å². The number of benzene rings is 4. The topological polar surface area (TPSA) is 147 Å². The highest BCUT2D eigenvalue weighted by molar-refractivity contribution is 6.43. The van der Waals surface area contributed by atoms with Crippen molar-refractivity contribution >= 4 is 109 Å². The van der Waals surface area contributed by atoms with Crippen molar-refractivity contribution in [2.45, 2.75) is 32.7 Å². The number of pyridine rings is 4. The van der Waals surface area contributed by atoms with Crippen LogP contribution in [0.15, 0.2) is 128 Å². The number of aromatic nitrogens is 4. The maximum atomic E-state index is 11.1. The quantitative estimate of drug-likeness (QED) is 0.115. The molecule has 312 valence electrons. The number of nitrogens with one attached hydrogen (secondary N) is 1. The molecule has 0 saturated heterocycles. The molecule has 0 aliphatic heterocycles. The van der Waals surface area contributed by atoms with Crippen LogP contribution in [0.5, 0.6) is 11.5 Å². The second kappa shape index (κ2) is 22.5. The number of rotatable bonds is 7. The SMILES string of the molecule is CCc1cc(Cl)cnc1N.CCc1cc(Cl)cnc1NC(c1cccc(Cl)c1Cl)c1ccc2cccnc2c1O.O=Cc1cccc(Cl)c1Cl.Oc1cccc2cccnc12. The van der Waals surface area contributed by atoms with Crippen LogP contribution < -0.4 is 11.1 Å². The summed E-state index contributed by atoms with van der Waals surface area (Å²) < 4.78 is 0. The number of aldehydes is 1. The first-order valence-corrected chi connectivity index (χ1v) is 20.9. The van der Waals surface area contributed by atoms with Crippen LogP contribution in [0.4, 0.5) is 11.6 Å². The Bertz CT molecular complexity index is 2770. The minimum Gasteiger partial charge on any atom is -0.506 e. The van der Waals surface area contributed by atoms with Gasteiger partial charge in [-0.25, -0.2) is 9.97 Å². The monoisotopic (exact) mass is 932 g/mol. The Morgan fingerprint density at radius 1 is 0.639 bits per heavy atom. The number of hydrogen-bond donors (Lipinski definition) is 4. The van der Waals surface area contributed by atoms with Crippen LogP contribution in [0.1, 0.15) is 52.5 Å². The predicted octanol–water partition coefficient (Wildman–Crippen LogP) is 13.7. The summed E-state index contributed by atoms with van der Waals surface area (Å²) in [6.45, 7) is 4.04. The van der Waals surface area contributed by atoms with E-state index in [0.29, 0.717) is 75.8 Å². The molecule has 0 aliphatic carbocycles. The van der Waals surface area contributed by atoms with Crippen LogP contribution in [0.2, 0.25) is 30.1 Å². The minimum atomic E-state index is -0.512. The zero-order valence-corrected chi connectivity index (χ0v) is 37.2. The van der Waals surface area contributed by atoms with Gasteiger partial charge in [0.25, 0.3) is 0 Å². The molecule has 0 fully saturated rings. The summed E-state index contributed by atoms with van der Waals surface area (Å²) in [6.07, 6.45) is 8.74. The van der Waals surface area contributed by atoms with Gasteiger partial charge in [0.2, 0.25) is 0 Å². The van der Waals surface area contributed by atoms with Gasteiger partial charge in [0.1, 0.15) is 34.2 Å². The van der Waals surface area contributed by atoms with Crippen molar-refractivity contribution in [3.8, 4) is 11.5 Å². The number of phenols is 2. The maximum Gasteiger partial charge on any atom is 0.151 e. The number of phenolic OH excluding ortho intramolecular Hbond substituents is 2. The minimum absolute atomic E-state index is 0.0775. The first kappa shape index (κ1) is 46.7. The van der Waals surface area contributed by atoms with Gasteiger partial charge in [0.05, 0.1) is 36.2 Å². The molecule has 4 aromatic carbocycles. The van der Waals surface area contributed by atoms with Crippen LogP contribution in [0, 0.1) is 0 Å². The molecule has 0 saturated carbocycles. The number of aromatic hydroxyl groups is 2. The molecule has 8 rings (SSSR count). The smallest absolute Gasteiger partial charge is 0.151 e. The Balaban J connectivity index is 0.000000184. The Hall–Kier alpha value is -5.39. The molecule has 4 heterocycles. The number of fused-ring (bicyclic) bond motifs is 2. The lowest BCUT2D eigenvalue weighted by Gasteiger charge is -2.24. The first-order chi connectivity index (χ1) is 29.4. The molecular formula is C46H38Cl6N6O3. The summed E-state index contributed by atoms with van der Waals surface area (Å²) >= 11 is 35.9. The van der Waals surface area contributed by atoms with Gasteiger partial charge < -0.3 is 21.3 Å². The van der Waals surface area contributed by atoms with Crippen LogP contribution in [0.25, 0.3) is 21.8 Å². The Kier molecular flexibility index (Phi) is 17.2. The molecule has 61 heavy (non-hydrogen) atoms. The van der Waals surface area contributed by atoms with E-state index in [4.69, 9.17) is 75.3 Å². The molecule has 0 spiro atoms. The van der Waals surface area contributed by atoms with E-state index in [0.717, 1.165) is 34.7 Å². The van der Waals surface area contributed by atoms with Crippen LogP contribution >= 0.6 is 69.6 Å². The zero-order chi connectivity index (χ0) is 44.1. The number of nitrogens with two attached hydrogens (primary N) is 1. The molecule has 0 bridgehead atoms. The van der Waals surface area contributed by atoms with Crippen molar-refractivity contribution in [1.82, 2.24) is 19.9 Å². The van der Waals surface area contributed by atoms with E-state index in [1.165, 1.54) is 0 Å². The summed E-state index contributed by atoms with van der Waals surface area (Å²) in [6, 6.07) is 30.2. The van der Waals surface area contributed by atoms with Crippen molar-refractivity contribution in [2.24, 2.45) is 0 Å². The number of aryl methyl sites for hydroxylation is 2. The third-order valence-electron chi connectivity index (χ3n) is 9.05. The lowest BCUT2D eigenvalue weighted by atomic mass is 9.95. The summed E-state index contributed by atoms with van der Waals surface area (Å²) in [5.74, 6) is 1.55. The molecule has 1 atom stereocenters. The zero-order valence-electron chi connectivity index (χ0n) is 32.6. The highest BCUT2D eigenvalue weighted by Gasteiger charge is 2.24. The van der Waals surface area contributed by atoms with Gasteiger partial charge in [-0.1, -0.05) is 144 Å². The standard InChI is InChI=1S/C23H18Cl3N3O.C9H7NO.C7H4Cl2O.C7H9ClN2/c1-2-13-11-15(24)12-28-23(13)29-21(16-6-3-7-18(25)19(16)26)17-9-8-14-5-4-10-27-20(14)22(17)30;11-8-5-1-3-7-4-2-6-10-9(7)8;8-6-3-1-2-5(4-10)7(6)9;1-2-5-3-6(8)4-10-7(5)9/h3-12,21,30H,2H2,1H3,(H,28,29);1-6,11H;1-4H;3-4H,2H2,1H3,(H2,9,10). The number of para-hydroxylation sites is 1. The Labute approximate surface area is 383 Å². The van der Waals surface area contributed by atoms with E-state index in [1.54, 1.807) is 61.2 Å². The predicted molar refractivity (Wildman–Crippen MR) is 252 cm³/mol. The van der Waals surface area contributed by atoms with Gasteiger partial charge >= 0.3 is 0 Å². The summed E-state index contributed by atoms with van der Waals surface area (Å²) in [7, 11) is 0. The fraction of sp³-hybridized carbons (Fsp3) is 0.109. The van der Waals surface area contributed by atoms with Gasteiger partial charge in [-0.3, -0.25) is 14.8 Å². The van der Waals surface area contributed by atoms with Crippen molar-refractivity contribution in [3.63, 3.8) is 0 Å². The molecule has 15 heteroatoms. The lowest BCUT2D eigenvalue weighted by Crippen LogP contribution is -2.15. The van der Waals surface area contributed by atoms with Crippen LogP contribution in [-0.2, 0) is 12.8 Å². The summed E-state index contributed by atoms with van der Waals surface area (Å²) in [5, 5.41) is 28.4. The van der Waals surface area contributed by atoms with Gasteiger partial charge in [-0.05, 0) is 72.0 Å². The molecular weight excluding hydrogens is 897 g/mol. The average molecular weight is 936 g/mol. The van der Waals surface area contributed by atoms with Crippen LogP contribution in [-0.4, -0.2) is 36.4 Å². The van der Waals surface area contributed by atoms with Crippen molar-refractivity contribution in [1.29, 1.82) is 0 Å². The van der Waals surface area contributed by atoms with E-state index < -0.39 is 6.04 Å². The van der Waals surface area contributed by atoms with E-state index >= 15 is 0 Å². The van der Waals surface area contributed by atoms with Gasteiger partial charge in [-0.15, -0.1) is 0 Å². The largest absolute Gasteiger partial charge is 0.506 e. The van der Waals surface area contributed by atoms with Gasteiger partial charge in [-0.2, -0.15) is 0 Å². The maximum absolute atomic E-state index is 11.1. The van der Waals surface area contributed by atoms with Crippen LogP contribution in [0.3, 0.4) is 0 Å². The van der Waals surface area contributed by atoms with E-state index in [-0.39, 0.29) is 11.5 Å². The number of carbonyl (C=O) groups excluding carboxylic acids is 1. The highest BCUT2D eigenvalue weighted by atomic mass is 35.5. The molecule has 4 aromatic heterocycles. The number of nitrogen functional groups attached to an aromatic ring is 1. The number of hydrogen-bond acceptors (Lipinski definition) is 9.